The highest BCUT2D eigenvalue weighted by atomic mass is 32.1. The van der Waals surface area contributed by atoms with Gasteiger partial charge in [-0.2, -0.15) is 0 Å². The maximum Gasteiger partial charge on any atom is 0.185 e. The number of morpholine rings is 1. The van der Waals surface area contributed by atoms with Crippen molar-refractivity contribution >= 4 is 16.5 Å². The van der Waals surface area contributed by atoms with Crippen molar-refractivity contribution in [3.05, 3.63) is 11.1 Å². The monoisotopic (exact) mass is 437 g/mol. The number of hydrogen-bond donors (Lipinski definition) is 1. The number of ether oxygens (including phenoxy) is 1. The molecule has 3 aliphatic heterocycles. The van der Waals surface area contributed by atoms with Gasteiger partial charge in [-0.15, -0.1) is 11.3 Å². The summed E-state index contributed by atoms with van der Waals surface area (Å²) in [6.45, 7) is 15.0. The van der Waals surface area contributed by atoms with E-state index in [1.54, 1.807) is 0 Å². The van der Waals surface area contributed by atoms with Crippen LogP contribution in [0.4, 0.5) is 5.13 Å². The van der Waals surface area contributed by atoms with Gasteiger partial charge < -0.3 is 19.6 Å². The van der Waals surface area contributed by atoms with Crippen LogP contribution >= 0.6 is 11.3 Å². The van der Waals surface area contributed by atoms with Gasteiger partial charge in [0.2, 0.25) is 0 Å². The summed E-state index contributed by atoms with van der Waals surface area (Å²) in [4.78, 5) is 16.2. The highest BCUT2D eigenvalue weighted by molar-refractivity contribution is 7.15. The first-order valence-corrected chi connectivity index (χ1v) is 12.6. The number of likely N-dealkylation sites (tertiary alicyclic amines) is 1. The molecule has 0 aliphatic carbocycles. The fourth-order valence-electron chi connectivity index (χ4n) is 5.19. The molecule has 1 N–H and O–H groups in total. The summed E-state index contributed by atoms with van der Waals surface area (Å²) in [6, 6.07) is 1.79. The highest BCUT2D eigenvalue weighted by Crippen LogP contribution is 2.27. The Labute approximate surface area is 185 Å². The SMILES string of the molecule is CC(C)N1CCC(N2CCN(Cc3cnc(N4CCOCC4)s3)CC2CCO)CC1. The smallest absolute Gasteiger partial charge is 0.185 e. The van der Waals surface area contributed by atoms with Crippen molar-refractivity contribution in [2.24, 2.45) is 0 Å². The van der Waals surface area contributed by atoms with Crippen molar-refractivity contribution in [2.75, 3.05) is 70.5 Å². The van der Waals surface area contributed by atoms with Crippen LogP contribution in [0.3, 0.4) is 0 Å². The molecule has 7 nitrogen and oxygen atoms in total. The number of aliphatic hydroxyl groups is 1. The van der Waals surface area contributed by atoms with E-state index in [-0.39, 0.29) is 6.61 Å². The number of piperidine rings is 1. The lowest BCUT2D eigenvalue weighted by molar-refractivity contribution is 0.000217. The third-order valence-electron chi connectivity index (χ3n) is 6.98. The van der Waals surface area contributed by atoms with Crippen LogP contribution in [0.2, 0.25) is 0 Å². The second-order valence-corrected chi connectivity index (χ2v) is 10.3. The minimum absolute atomic E-state index is 0.279. The summed E-state index contributed by atoms with van der Waals surface area (Å²) in [5, 5.41) is 10.8. The molecule has 1 atom stereocenters. The number of rotatable bonds is 7. The number of anilines is 1. The maximum absolute atomic E-state index is 9.70. The van der Waals surface area contributed by atoms with Gasteiger partial charge in [0.05, 0.1) is 13.2 Å². The molecule has 0 aromatic carbocycles. The summed E-state index contributed by atoms with van der Waals surface area (Å²) in [6.07, 6.45) is 5.46. The summed E-state index contributed by atoms with van der Waals surface area (Å²) in [5.41, 5.74) is 0. The summed E-state index contributed by atoms with van der Waals surface area (Å²) in [5.74, 6) is 0. The van der Waals surface area contributed by atoms with Gasteiger partial charge in [0.25, 0.3) is 0 Å². The second-order valence-electron chi connectivity index (χ2n) is 9.21. The van der Waals surface area contributed by atoms with Crippen molar-refractivity contribution in [3.63, 3.8) is 0 Å². The van der Waals surface area contributed by atoms with E-state index in [0.717, 1.165) is 64.0 Å². The average molecular weight is 438 g/mol. The minimum atomic E-state index is 0.279. The van der Waals surface area contributed by atoms with Crippen LogP contribution in [-0.4, -0.2) is 109 Å². The largest absolute Gasteiger partial charge is 0.396 e. The van der Waals surface area contributed by atoms with Crippen molar-refractivity contribution < 1.29 is 9.84 Å². The van der Waals surface area contributed by atoms with E-state index in [4.69, 9.17) is 4.74 Å². The van der Waals surface area contributed by atoms with E-state index in [2.05, 4.69) is 44.6 Å². The number of piperazine rings is 1. The fraction of sp³-hybridized carbons (Fsp3) is 0.864. The molecular weight excluding hydrogens is 398 g/mol. The van der Waals surface area contributed by atoms with E-state index < -0.39 is 0 Å². The van der Waals surface area contributed by atoms with Gasteiger partial charge in [-0.3, -0.25) is 9.80 Å². The Kier molecular flexibility index (Phi) is 8.00. The van der Waals surface area contributed by atoms with Crippen LogP contribution in [0.15, 0.2) is 6.20 Å². The van der Waals surface area contributed by atoms with E-state index in [1.807, 2.05) is 11.3 Å². The molecule has 3 aliphatic rings. The van der Waals surface area contributed by atoms with Crippen molar-refractivity contribution in [3.8, 4) is 0 Å². The Hall–Kier alpha value is -0.770. The molecule has 30 heavy (non-hydrogen) atoms. The van der Waals surface area contributed by atoms with Gasteiger partial charge in [0.15, 0.2) is 5.13 Å². The van der Waals surface area contributed by atoms with Crippen LogP contribution in [0.1, 0.15) is 38.0 Å². The molecule has 0 bridgehead atoms. The second kappa shape index (κ2) is 10.7. The standard InChI is InChI=1S/C22H39N5O2S/c1-18(2)25-6-3-19(4-7-25)27-9-8-24(16-20(27)5-12-28)17-21-15-23-22(30-21)26-10-13-29-14-11-26/h15,18-20,28H,3-14,16-17H2,1-2H3. The van der Waals surface area contributed by atoms with Crippen LogP contribution in [0.5, 0.6) is 0 Å². The number of thiazole rings is 1. The topological polar surface area (TPSA) is 55.3 Å². The predicted octanol–water partition coefficient (Wildman–Crippen LogP) is 1.72. The lowest BCUT2D eigenvalue weighted by Gasteiger charge is -2.48. The number of hydrogen-bond acceptors (Lipinski definition) is 8. The van der Waals surface area contributed by atoms with Crippen molar-refractivity contribution in [2.45, 2.75) is 57.8 Å². The van der Waals surface area contributed by atoms with Crippen LogP contribution in [0.25, 0.3) is 0 Å². The predicted molar refractivity (Wildman–Crippen MR) is 122 cm³/mol. The van der Waals surface area contributed by atoms with Gasteiger partial charge in [0.1, 0.15) is 0 Å². The molecule has 0 spiro atoms. The number of aliphatic hydroxyl groups excluding tert-OH is 1. The van der Waals surface area contributed by atoms with E-state index in [1.165, 1.54) is 30.8 Å². The molecule has 170 valence electrons. The molecule has 0 radical (unpaired) electrons. The first-order chi connectivity index (χ1) is 14.6. The number of nitrogens with zero attached hydrogens (tertiary/aromatic N) is 5. The third kappa shape index (κ3) is 5.53. The zero-order chi connectivity index (χ0) is 20.9. The molecule has 1 aromatic rings. The summed E-state index contributed by atoms with van der Waals surface area (Å²) < 4.78 is 5.46. The minimum Gasteiger partial charge on any atom is -0.396 e. The van der Waals surface area contributed by atoms with Gasteiger partial charge in [-0.05, 0) is 46.2 Å². The summed E-state index contributed by atoms with van der Waals surface area (Å²) in [7, 11) is 0. The van der Waals surface area contributed by atoms with Gasteiger partial charge in [-0.25, -0.2) is 4.98 Å². The quantitative estimate of drug-likeness (QED) is 0.697. The molecule has 3 fully saturated rings. The van der Waals surface area contributed by atoms with Crippen LogP contribution in [-0.2, 0) is 11.3 Å². The Balaban J connectivity index is 1.31. The van der Waals surface area contributed by atoms with Gasteiger partial charge >= 0.3 is 0 Å². The molecule has 3 saturated heterocycles. The normalized spacial score (nSPS) is 26.0. The third-order valence-corrected chi connectivity index (χ3v) is 8.02. The lowest BCUT2D eigenvalue weighted by atomic mass is 9.97. The van der Waals surface area contributed by atoms with Crippen LogP contribution < -0.4 is 4.90 Å². The first-order valence-electron chi connectivity index (χ1n) is 11.7. The van der Waals surface area contributed by atoms with E-state index >= 15 is 0 Å². The Morgan fingerprint density at radius 1 is 1.13 bits per heavy atom. The van der Waals surface area contributed by atoms with Gasteiger partial charge in [-0.1, -0.05) is 0 Å². The zero-order valence-electron chi connectivity index (χ0n) is 18.7. The van der Waals surface area contributed by atoms with Gasteiger partial charge in [0, 0.05) is 75.1 Å². The highest BCUT2D eigenvalue weighted by Gasteiger charge is 2.34. The van der Waals surface area contributed by atoms with Crippen LogP contribution in [0, 0.1) is 0 Å². The zero-order valence-corrected chi connectivity index (χ0v) is 19.5. The molecule has 0 amide bonds. The van der Waals surface area contributed by atoms with Crippen molar-refractivity contribution in [1.29, 1.82) is 0 Å². The first kappa shape index (κ1) is 22.4. The molecule has 1 aromatic heterocycles. The lowest BCUT2D eigenvalue weighted by Crippen LogP contribution is -2.58. The molecule has 4 rings (SSSR count). The molecule has 8 heteroatoms. The summed E-state index contributed by atoms with van der Waals surface area (Å²) >= 11 is 1.83. The average Bonchev–Trinajstić information content (AvgIpc) is 3.23. The Morgan fingerprint density at radius 2 is 1.90 bits per heavy atom. The van der Waals surface area contributed by atoms with Crippen molar-refractivity contribution in [1.82, 2.24) is 19.7 Å². The number of aromatic nitrogens is 1. The maximum atomic E-state index is 9.70. The molecular formula is C22H39N5O2S. The molecule has 4 heterocycles. The molecule has 1 unspecified atom stereocenters. The van der Waals surface area contributed by atoms with E-state index in [9.17, 15) is 5.11 Å². The molecule has 0 saturated carbocycles. The van der Waals surface area contributed by atoms with E-state index in [0.29, 0.717) is 18.1 Å². The Morgan fingerprint density at radius 3 is 2.60 bits per heavy atom. The Bertz CT molecular complexity index is 643. The fourth-order valence-corrected chi connectivity index (χ4v) is 6.19.